The summed E-state index contributed by atoms with van der Waals surface area (Å²) in [5.74, 6) is -1.57. The van der Waals surface area contributed by atoms with Gasteiger partial charge in [0.2, 0.25) is 5.91 Å². The highest BCUT2D eigenvalue weighted by molar-refractivity contribution is 6.40. The van der Waals surface area contributed by atoms with Gasteiger partial charge in [-0.3, -0.25) is 9.59 Å². The van der Waals surface area contributed by atoms with Gasteiger partial charge in [0.15, 0.2) is 0 Å². The number of carboxylic acids is 1. The summed E-state index contributed by atoms with van der Waals surface area (Å²) >= 11 is 12.3. The average molecular weight is 590 g/mol. The summed E-state index contributed by atoms with van der Waals surface area (Å²) in [4.78, 5) is 38.4. The number of nitrogens with one attached hydrogen (secondary N) is 2. The largest absolute Gasteiger partial charge is 0.480 e. The van der Waals surface area contributed by atoms with Crippen LogP contribution in [0.15, 0.2) is 42.5 Å². The minimum atomic E-state index is -1.03. The van der Waals surface area contributed by atoms with Crippen molar-refractivity contribution < 1.29 is 19.5 Å². The summed E-state index contributed by atoms with van der Waals surface area (Å²) in [5, 5.41) is 16.1. The van der Waals surface area contributed by atoms with E-state index in [2.05, 4.69) is 45.3 Å². The van der Waals surface area contributed by atoms with Gasteiger partial charge in [0.05, 0.1) is 15.6 Å². The van der Waals surface area contributed by atoms with Crippen molar-refractivity contribution in [3.8, 4) is 0 Å². The summed E-state index contributed by atoms with van der Waals surface area (Å²) in [6, 6.07) is 11.1. The monoisotopic (exact) mass is 588 g/mol. The lowest BCUT2D eigenvalue weighted by Gasteiger charge is -2.40. The average Bonchev–Trinajstić information content (AvgIpc) is 3.29. The lowest BCUT2D eigenvalue weighted by atomic mass is 9.66. The van der Waals surface area contributed by atoms with Gasteiger partial charge in [-0.1, -0.05) is 88.9 Å². The highest BCUT2D eigenvalue weighted by atomic mass is 35.5. The molecule has 1 fully saturated rings. The van der Waals surface area contributed by atoms with E-state index in [1.807, 2.05) is 12.1 Å². The number of rotatable bonds is 11. The Morgan fingerprint density at radius 2 is 1.52 bits per heavy atom. The second-order valence-electron chi connectivity index (χ2n) is 13.2. The fourth-order valence-corrected chi connectivity index (χ4v) is 7.06. The first-order chi connectivity index (χ1) is 18.6. The SMILES string of the molecule is CC(C)(C)CC(C)(C)CC1(C(=O)N[C@@H](CCc2ccc(NC(=O)c3c(Cl)cccc3Cl)cc2)C(=O)O)CCCC1. The second kappa shape index (κ2) is 12.9. The van der Waals surface area contributed by atoms with Gasteiger partial charge in [0.1, 0.15) is 6.04 Å². The van der Waals surface area contributed by atoms with Gasteiger partial charge in [-0.2, -0.15) is 0 Å². The van der Waals surface area contributed by atoms with Crippen LogP contribution in [0, 0.1) is 16.2 Å². The molecule has 6 nitrogen and oxygen atoms in total. The molecule has 1 aliphatic rings. The molecule has 0 heterocycles. The molecule has 2 aromatic rings. The van der Waals surface area contributed by atoms with Gasteiger partial charge >= 0.3 is 5.97 Å². The first-order valence-electron chi connectivity index (χ1n) is 14.0. The van der Waals surface area contributed by atoms with E-state index in [1.54, 1.807) is 30.3 Å². The fourth-order valence-electron chi connectivity index (χ4n) is 6.49. The van der Waals surface area contributed by atoms with Crippen molar-refractivity contribution in [1.29, 1.82) is 0 Å². The molecule has 0 radical (unpaired) electrons. The maximum Gasteiger partial charge on any atom is 0.326 e. The van der Waals surface area contributed by atoms with E-state index in [4.69, 9.17) is 23.2 Å². The third kappa shape index (κ3) is 8.71. The van der Waals surface area contributed by atoms with Gasteiger partial charge in [0.25, 0.3) is 5.91 Å². The molecule has 2 aromatic carbocycles. The third-order valence-corrected chi connectivity index (χ3v) is 8.22. The van der Waals surface area contributed by atoms with Crippen LogP contribution in [0.4, 0.5) is 5.69 Å². The lowest BCUT2D eigenvalue weighted by molar-refractivity contribution is -0.144. The maximum absolute atomic E-state index is 13.6. The number of amides is 2. The molecule has 0 aromatic heterocycles. The van der Waals surface area contributed by atoms with Crippen LogP contribution in [0.5, 0.6) is 0 Å². The minimum Gasteiger partial charge on any atom is -0.480 e. The molecule has 0 saturated heterocycles. The van der Waals surface area contributed by atoms with E-state index >= 15 is 0 Å². The molecule has 0 unspecified atom stereocenters. The quantitative estimate of drug-likeness (QED) is 0.246. The normalized spacial score (nSPS) is 15.9. The molecule has 0 aliphatic heterocycles. The van der Waals surface area contributed by atoms with Gasteiger partial charge in [-0.25, -0.2) is 4.79 Å². The van der Waals surface area contributed by atoms with Gasteiger partial charge in [-0.15, -0.1) is 0 Å². The predicted octanol–water partition coefficient (Wildman–Crippen LogP) is 8.16. The van der Waals surface area contributed by atoms with Crippen molar-refractivity contribution in [3.63, 3.8) is 0 Å². The topological polar surface area (TPSA) is 95.5 Å². The molecule has 0 bridgehead atoms. The molecule has 2 amide bonds. The van der Waals surface area contributed by atoms with Crippen molar-refractivity contribution in [2.45, 2.75) is 92.0 Å². The van der Waals surface area contributed by atoms with E-state index in [0.29, 0.717) is 12.1 Å². The van der Waals surface area contributed by atoms with Crippen molar-refractivity contribution in [2.75, 3.05) is 5.32 Å². The van der Waals surface area contributed by atoms with Crippen LogP contribution in [0.3, 0.4) is 0 Å². The Bertz CT molecular complexity index is 1190. The number of carboxylic acid groups (broad SMARTS) is 1. The molecule has 3 rings (SSSR count). The number of carbonyl (C=O) groups excluding carboxylic acids is 2. The second-order valence-corrected chi connectivity index (χ2v) is 14.0. The highest BCUT2D eigenvalue weighted by Gasteiger charge is 2.46. The summed E-state index contributed by atoms with van der Waals surface area (Å²) in [6.07, 6.45) is 6.04. The van der Waals surface area contributed by atoms with Crippen molar-refractivity contribution in [3.05, 3.63) is 63.6 Å². The number of carbonyl (C=O) groups is 3. The summed E-state index contributed by atoms with van der Waals surface area (Å²) in [6.45, 7) is 11.1. The van der Waals surface area contributed by atoms with Crippen molar-refractivity contribution in [2.24, 2.45) is 16.2 Å². The van der Waals surface area contributed by atoms with Gasteiger partial charge < -0.3 is 15.7 Å². The zero-order valence-electron chi connectivity index (χ0n) is 24.2. The Balaban J connectivity index is 1.63. The molecule has 1 saturated carbocycles. The molecule has 0 spiro atoms. The minimum absolute atomic E-state index is 0.0347. The molecule has 8 heteroatoms. The maximum atomic E-state index is 13.6. The molecule has 218 valence electrons. The zero-order chi connectivity index (χ0) is 29.7. The van der Waals surface area contributed by atoms with Crippen LogP contribution >= 0.6 is 23.2 Å². The van der Waals surface area contributed by atoms with Crippen LogP contribution in [0.2, 0.25) is 10.0 Å². The number of benzene rings is 2. The molecule has 1 aliphatic carbocycles. The lowest BCUT2D eigenvalue weighted by Crippen LogP contribution is -2.49. The van der Waals surface area contributed by atoms with Gasteiger partial charge in [-0.05, 0) is 79.2 Å². The molecular formula is C32H42Cl2N2O4. The predicted molar refractivity (Wildman–Crippen MR) is 162 cm³/mol. The smallest absolute Gasteiger partial charge is 0.326 e. The van der Waals surface area contributed by atoms with E-state index in [9.17, 15) is 19.5 Å². The van der Waals surface area contributed by atoms with Crippen LogP contribution in [-0.4, -0.2) is 28.9 Å². The van der Waals surface area contributed by atoms with E-state index < -0.39 is 23.3 Å². The Labute approximate surface area is 248 Å². The van der Waals surface area contributed by atoms with E-state index in [1.165, 1.54) is 0 Å². The standard InChI is InChI=1S/C32H42Cl2N2O4/c1-30(2,3)19-31(4,5)20-32(17-6-7-18-32)29(40)36-25(28(38)39)16-13-21-11-14-22(15-12-21)35-27(37)26-23(33)9-8-10-24(26)34/h8-12,14-15,25H,6-7,13,16-20H2,1-5H3,(H,35,37)(H,36,40)(H,38,39)/t25-/m0/s1. The Morgan fingerprint density at radius 3 is 2.05 bits per heavy atom. The molecular weight excluding hydrogens is 547 g/mol. The number of aliphatic carboxylic acids is 1. The number of aryl methyl sites for hydroxylation is 1. The molecule has 40 heavy (non-hydrogen) atoms. The van der Waals surface area contributed by atoms with Crippen molar-refractivity contribution >= 4 is 46.7 Å². The summed E-state index contributed by atoms with van der Waals surface area (Å²) < 4.78 is 0. The number of hydrogen-bond donors (Lipinski definition) is 3. The zero-order valence-corrected chi connectivity index (χ0v) is 25.7. The number of anilines is 1. The van der Waals surface area contributed by atoms with Crippen LogP contribution < -0.4 is 10.6 Å². The van der Waals surface area contributed by atoms with Crippen molar-refractivity contribution in [1.82, 2.24) is 5.32 Å². The Hall–Kier alpha value is -2.57. The Morgan fingerprint density at radius 1 is 0.950 bits per heavy atom. The van der Waals surface area contributed by atoms with Crippen LogP contribution in [-0.2, 0) is 16.0 Å². The van der Waals surface area contributed by atoms with Crippen LogP contribution in [0.1, 0.15) is 95.5 Å². The molecule has 3 N–H and O–H groups in total. The van der Waals surface area contributed by atoms with Gasteiger partial charge in [0, 0.05) is 11.1 Å². The number of hydrogen-bond acceptors (Lipinski definition) is 3. The Kier molecular flexibility index (Phi) is 10.3. The summed E-state index contributed by atoms with van der Waals surface area (Å²) in [7, 11) is 0. The molecule has 1 atom stereocenters. The van der Waals surface area contributed by atoms with E-state index in [0.717, 1.165) is 44.1 Å². The van der Waals surface area contributed by atoms with Crippen LogP contribution in [0.25, 0.3) is 0 Å². The van der Waals surface area contributed by atoms with E-state index in [-0.39, 0.29) is 38.8 Å². The third-order valence-electron chi connectivity index (χ3n) is 7.59. The first kappa shape index (κ1) is 32.0. The first-order valence-corrected chi connectivity index (χ1v) is 14.7. The highest BCUT2D eigenvalue weighted by Crippen LogP contribution is 2.49. The fraction of sp³-hybridized carbons (Fsp3) is 0.531. The summed E-state index contributed by atoms with van der Waals surface area (Å²) in [5.41, 5.74) is 1.25. The number of halogens is 2.